The van der Waals surface area contributed by atoms with E-state index in [2.05, 4.69) is 5.32 Å². The van der Waals surface area contributed by atoms with Crippen LogP contribution in [0.5, 0.6) is 5.75 Å². The van der Waals surface area contributed by atoms with Gasteiger partial charge in [0.1, 0.15) is 29.8 Å². The lowest BCUT2D eigenvalue weighted by Crippen LogP contribution is -2.32. The molecule has 1 aliphatic rings. The van der Waals surface area contributed by atoms with E-state index in [1.807, 2.05) is 6.07 Å². The topological polar surface area (TPSA) is 71.3 Å². The molecule has 1 heterocycles. The normalized spacial score (nSPS) is 16.3. The molecule has 0 aromatic heterocycles. The van der Waals surface area contributed by atoms with Crippen LogP contribution in [-0.2, 0) is 16.1 Å². The molecule has 0 spiro atoms. The Bertz CT molecular complexity index is 929. The van der Waals surface area contributed by atoms with Crippen LogP contribution in [0, 0.1) is 17.1 Å². The van der Waals surface area contributed by atoms with Gasteiger partial charge < -0.3 is 14.8 Å². The second-order valence-electron chi connectivity index (χ2n) is 6.58. The van der Waals surface area contributed by atoms with Crippen molar-refractivity contribution in [1.29, 1.82) is 5.26 Å². The smallest absolute Gasteiger partial charge is 0.262 e. The zero-order chi connectivity index (χ0) is 20.6. The van der Waals surface area contributed by atoms with Crippen LogP contribution in [0.25, 0.3) is 6.08 Å². The zero-order valence-electron chi connectivity index (χ0n) is 15.7. The molecule has 0 saturated carbocycles. The first-order valence-electron chi connectivity index (χ1n) is 9.24. The van der Waals surface area contributed by atoms with Crippen LogP contribution < -0.4 is 10.1 Å². The van der Waals surface area contributed by atoms with Gasteiger partial charge in [0, 0.05) is 18.7 Å². The van der Waals surface area contributed by atoms with Gasteiger partial charge in [-0.05, 0) is 48.7 Å². The Balaban J connectivity index is 1.65. The number of halogens is 2. The van der Waals surface area contributed by atoms with E-state index in [9.17, 15) is 14.4 Å². The van der Waals surface area contributed by atoms with Crippen molar-refractivity contribution in [2.75, 3.05) is 13.2 Å². The molecule has 1 saturated heterocycles. The molecule has 1 N–H and O–H groups in total. The monoisotopic (exact) mass is 414 g/mol. The molecule has 0 unspecified atom stereocenters. The number of amides is 1. The Labute approximate surface area is 173 Å². The van der Waals surface area contributed by atoms with Crippen molar-refractivity contribution in [3.63, 3.8) is 0 Å². The fourth-order valence-electron chi connectivity index (χ4n) is 2.94. The summed E-state index contributed by atoms with van der Waals surface area (Å²) in [4.78, 5) is 12.3. The summed E-state index contributed by atoms with van der Waals surface area (Å²) in [6, 6.07) is 13.2. The summed E-state index contributed by atoms with van der Waals surface area (Å²) in [6.07, 6.45) is 3.36. The highest BCUT2D eigenvalue weighted by Gasteiger charge is 2.17. The molecule has 29 heavy (non-hydrogen) atoms. The number of carbonyl (C=O) groups excluding carboxylic acids is 1. The number of nitriles is 1. The van der Waals surface area contributed by atoms with Crippen molar-refractivity contribution in [2.24, 2.45) is 0 Å². The number of ether oxygens (including phenoxy) is 2. The van der Waals surface area contributed by atoms with Gasteiger partial charge >= 0.3 is 0 Å². The van der Waals surface area contributed by atoms with Crippen molar-refractivity contribution in [3.05, 3.63) is 70.0 Å². The van der Waals surface area contributed by atoms with Crippen LogP contribution in [0.2, 0.25) is 5.02 Å². The van der Waals surface area contributed by atoms with Crippen molar-refractivity contribution >= 4 is 23.6 Å². The Morgan fingerprint density at radius 2 is 2.21 bits per heavy atom. The van der Waals surface area contributed by atoms with Crippen molar-refractivity contribution < 1.29 is 18.7 Å². The lowest BCUT2D eigenvalue weighted by molar-refractivity contribution is -0.117. The second kappa shape index (κ2) is 10.1. The predicted octanol–water partition coefficient (Wildman–Crippen LogP) is 4.26. The SMILES string of the molecule is N#C/C(=C\c1cccc(OCc2c(F)cccc2Cl)c1)C(=O)NC[C@@H]1CCCO1. The van der Waals surface area contributed by atoms with Gasteiger partial charge in [0.2, 0.25) is 0 Å². The van der Waals surface area contributed by atoms with Gasteiger partial charge in [0.25, 0.3) is 5.91 Å². The number of rotatable bonds is 7. The van der Waals surface area contributed by atoms with E-state index in [0.29, 0.717) is 24.5 Å². The van der Waals surface area contributed by atoms with Crippen LogP contribution in [-0.4, -0.2) is 25.2 Å². The van der Waals surface area contributed by atoms with Crippen molar-refractivity contribution in [3.8, 4) is 11.8 Å². The number of carbonyl (C=O) groups is 1. The number of nitrogens with zero attached hydrogens (tertiary/aromatic N) is 1. The Morgan fingerprint density at radius 3 is 2.93 bits per heavy atom. The molecule has 1 atom stereocenters. The summed E-state index contributed by atoms with van der Waals surface area (Å²) < 4.78 is 25.0. The molecule has 150 valence electrons. The maximum Gasteiger partial charge on any atom is 0.262 e. The third kappa shape index (κ3) is 5.80. The molecule has 3 rings (SSSR count). The van der Waals surface area contributed by atoms with Gasteiger partial charge in [-0.25, -0.2) is 4.39 Å². The number of hydrogen-bond donors (Lipinski definition) is 1. The lowest BCUT2D eigenvalue weighted by Gasteiger charge is -2.11. The van der Waals surface area contributed by atoms with E-state index in [1.54, 1.807) is 30.3 Å². The van der Waals surface area contributed by atoms with Gasteiger partial charge in [-0.15, -0.1) is 0 Å². The quantitative estimate of drug-likeness (QED) is 0.542. The van der Waals surface area contributed by atoms with Crippen LogP contribution in [0.4, 0.5) is 4.39 Å². The first-order valence-corrected chi connectivity index (χ1v) is 9.62. The van der Waals surface area contributed by atoms with E-state index in [4.69, 9.17) is 21.1 Å². The van der Waals surface area contributed by atoms with E-state index in [-0.39, 0.29) is 28.9 Å². The van der Waals surface area contributed by atoms with Gasteiger partial charge in [0.15, 0.2) is 0 Å². The maximum atomic E-state index is 13.9. The van der Waals surface area contributed by atoms with Crippen LogP contribution in [0.3, 0.4) is 0 Å². The van der Waals surface area contributed by atoms with Gasteiger partial charge in [-0.1, -0.05) is 29.8 Å². The van der Waals surface area contributed by atoms with Gasteiger partial charge in [-0.2, -0.15) is 5.26 Å². The largest absolute Gasteiger partial charge is 0.489 e. The summed E-state index contributed by atoms with van der Waals surface area (Å²) in [5.41, 5.74) is 0.865. The second-order valence-corrected chi connectivity index (χ2v) is 6.98. The third-order valence-electron chi connectivity index (χ3n) is 4.49. The maximum absolute atomic E-state index is 13.9. The number of nitrogens with one attached hydrogen (secondary N) is 1. The molecular weight excluding hydrogens is 395 g/mol. The standard InChI is InChI=1S/C22H20ClFN2O3/c23-20-7-2-8-21(24)19(20)14-29-17-5-1-4-15(11-17)10-16(12-25)22(27)26-13-18-6-3-9-28-18/h1-2,4-5,7-8,10-11,18H,3,6,9,13-14H2,(H,26,27)/b16-10+/t18-/m0/s1. The zero-order valence-corrected chi connectivity index (χ0v) is 16.4. The molecule has 2 aromatic carbocycles. The van der Waals surface area contributed by atoms with Gasteiger partial charge in [-0.3, -0.25) is 4.79 Å². The van der Waals surface area contributed by atoms with E-state index in [1.165, 1.54) is 18.2 Å². The van der Waals surface area contributed by atoms with Crippen molar-refractivity contribution in [2.45, 2.75) is 25.6 Å². The molecule has 5 nitrogen and oxygen atoms in total. The van der Waals surface area contributed by atoms with E-state index in [0.717, 1.165) is 12.8 Å². The Morgan fingerprint density at radius 1 is 1.38 bits per heavy atom. The van der Waals surface area contributed by atoms with Crippen LogP contribution >= 0.6 is 11.6 Å². The van der Waals surface area contributed by atoms with Crippen molar-refractivity contribution in [1.82, 2.24) is 5.32 Å². The Hall–Kier alpha value is -2.88. The summed E-state index contributed by atoms with van der Waals surface area (Å²) in [5, 5.41) is 12.3. The predicted molar refractivity (Wildman–Crippen MR) is 108 cm³/mol. The molecular formula is C22H20ClFN2O3. The third-order valence-corrected chi connectivity index (χ3v) is 4.85. The Kier molecular flexibility index (Phi) is 7.23. The average Bonchev–Trinajstić information content (AvgIpc) is 3.24. The fourth-order valence-corrected chi connectivity index (χ4v) is 3.16. The summed E-state index contributed by atoms with van der Waals surface area (Å²) in [7, 11) is 0. The van der Waals surface area contributed by atoms with Crippen LogP contribution in [0.1, 0.15) is 24.0 Å². The lowest BCUT2D eigenvalue weighted by atomic mass is 10.1. The fraction of sp³-hybridized carbons (Fsp3) is 0.273. The molecule has 2 aromatic rings. The van der Waals surface area contributed by atoms with E-state index >= 15 is 0 Å². The average molecular weight is 415 g/mol. The highest BCUT2D eigenvalue weighted by molar-refractivity contribution is 6.31. The van der Waals surface area contributed by atoms with E-state index < -0.39 is 11.7 Å². The molecule has 0 radical (unpaired) electrons. The molecule has 0 aliphatic carbocycles. The minimum atomic E-state index is -0.451. The summed E-state index contributed by atoms with van der Waals surface area (Å²) >= 11 is 6.01. The molecule has 0 bridgehead atoms. The van der Waals surface area contributed by atoms with Gasteiger partial charge in [0.05, 0.1) is 11.1 Å². The number of hydrogen-bond acceptors (Lipinski definition) is 4. The minimum absolute atomic E-state index is 0.000766. The molecule has 7 heteroatoms. The first kappa shape index (κ1) is 20.8. The summed E-state index contributed by atoms with van der Waals surface area (Å²) in [5.74, 6) is -0.425. The molecule has 1 fully saturated rings. The van der Waals surface area contributed by atoms with Crippen LogP contribution in [0.15, 0.2) is 48.0 Å². The molecule has 1 amide bonds. The first-order chi connectivity index (χ1) is 14.1. The molecule has 1 aliphatic heterocycles. The highest BCUT2D eigenvalue weighted by Crippen LogP contribution is 2.22. The minimum Gasteiger partial charge on any atom is -0.489 e. The highest BCUT2D eigenvalue weighted by atomic mass is 35.5. The summed E-state index contributed by atoms with van der Waals surface area (Å²) in [6.45, 7) is 1.04. The number of benzene rings is 2.